The largest absolute Gasteiger partial charge is 0.494 e. The molecule has 0 saturated heterocycles. The van der Waals surface area contributed by atoms with E-state index in [-0.39, 0.29) is 16.9 Å². The summed E-state index contributed by atoms with van der Waals surface area (Å²) >= 11 is 1.31. The van der Waals surface area contributed by atoms with Crippen molar-refractivity contribution in [2.45, 2.75) is 25.8 Å². The van der Waals surface area contributed by atoms with Crippen LogP contribution in [0, 0.1) is 18.6 Å². The van der Waals surface area contributed by atoms with Crippen LogP contribution in [0.4, 0.5) is 20.3 Å². The number of carbonyl (C=O) groups is 1. The second-order valence-electron chi connectivity index (χ2n) is 6.32. The number of hydrogen-bond acceptors (Lipinski definition) is 6. The van der Waals surface area contributed by atoms with Gasteiger partial charge in [0.05, 0.1) is 22.9 Å². The lowest BCUT2D eigenvalue weighted by Crippen LogP contribution is -2.15. The highest BCUT2D eigenvalue weighted by atomic mass is 32.1. The zero-order valence-electron chi connectivity index (χ0n) is 14.6. The number of ether oxygens (including phenoxy) is 1. The minimum absolute atomic E-state index is 0.141. The Labute approximate surface area is 157 Å². The van der Waals surface area contributed by atoms with Crippen LogP contribution in [0.1, 0.15) is 28.8 Å². The lowest BCUT2D eigenvalue weighted by Gasteiger charge is -2.12. The maximum Gasteiger partial charge on any atom is 0.258 e. The van der Waals surface area contributed by atoms with Crippen LogP contribution in [0.2, 0.25) is 0 Å². The number of methoxy groups -OCH3 is 1. The van der Waals surface area contributed by atoms with Gasteiger partial charge in [-0.1, -0.05) is 0 Å². The summed E-state index contributed by atoms with van der Waals surface area (Å²) < 4.78 is 34.4. The predicted molar refractivity (Wildman–Crippen MR) is 99.7 cm³/mol. The molecule has 27 heavy (non-hydrogen) atoms. The first-order valence-corrected chi connectivity index (χ1v) is 9.20. The van der Waals surface area contributed by atoms with Crippen LogP contribution in [0.15, 0.2) is 17.8 Å². The number of amides is 1. The summed E-state index contributed by atoms with van der Waals surface area (Å²) in [7, 11) is 1.28. The molecule has 1 fully saturated rings. The molecule has 1 aliphatic rings. The fourth-order valence-corrected chi connectivity index (χ4v) is 3.67. The van der Waals surface area contributed by atoms with E-state index in [2.05, 4.69) is 20.6 Å². The zero-order chi connectivity index (χ0) is 19.1. The van der Waals surface area contributed by atoms with Crippen molar-refractivity contribution >= 4 is 39.0 Å². The minimum atomic E-state index is -0.959. The third-order valence-corrected chi connectivity index (χ3v) is 5.30. The van der Waals surface area contributed by atoms with Gasteiger partial charge in [0.2, 0.25) is 0 Å². The molecule has 3 aromatic rings. The van der Waals surface area contributed by atoms with E-state index in [1.165, 1.54) is 37.8 Å². The van der Waals surface area contributed by atoms with Gasteiger partial charge in [-0.15, -0.1) is 11.3 Å². The van der Waals surface area contributed by atoms with Crippen LogP contribution in [0.25, 0.3) is 10.2 Å². The second-order valence-corrected chi connectivity index (χ2v) is 7.20. The van der Waals surface area contributed by atoms with E-state index in [9.17, 15) is 13.6 Å². The van der Waals surface area contributed by atoms with Crippen LogP contribution >= 0.6 is 11.3 Å². The van der Waals surface area contributed by atoms with Crippen LogP contribution in [0.5, 0.6) is 5.75 Å². The number of carbonyl (C=O) groups excluding carboxylic acids is 1. The summed E-state index contributed by atoms with van der Waals surface area (Å²) in [6, 6.07) is 1.63. The van der Waals surface area contributed by atoms with Gasteiger partial charge in [-0.2, -0.15) is 0 Å². The molecule has 1 saturated carbocycles. The molecule has 1 aromatic carbocycles. The number of nitrogens with one attached hydrogen (secondary N) is 2. The van der Waals surface area contributed by atoms with Crippen LogP contribution in [0.3, 0.4) is 0 Å². The van der Waals surface area contributed by atoms with Crippen molar-refractivity contribution in [3.63, 3.8) is 0 Å². The van der Waals surface area contributed by atoms with Crippen molar-refractivity contribution in [2.75, 3.05) is 17.7 Å². The van der Waals surface area contributed by atoms with Gasteiger partial charge in [-0.25, -0.2) is 18.7 Å². The van der Waals surface area contributed by atoms with Crippen molar-refractivity contribution in [2.24, 2.45) is 0 Å². The first kappa shape index (κ1) is 17.6. The van der Waals surface area contributed by atoms with Gasteiger partial charge in [0.1, 0.15) is 17.8 Å². The topological polar surface area (TPSA) is 76.1 Å². The monoisotopic (exact) mass is 390 g/mol. The molecule has 4 rings (SSSR count). The number of thiophene rings is 1. The molecular formula is C18H16F2N4O2S. The standard InChI is InChI=1S/C18H16F2N4O2S/c1-8-5-11(26-2)13(20)15(12(8)19)24-18(25)10-6-27-16-14(10)21-7-22-17(16)23-9-3-4-9/h5-7,9H,3-4H2,1-2H3,(H,24,25)(H,21,22,23). The van der Waals surface area contributed by atoms with Gasteiger partial charge in [0.25, 0.3) is 5.91 Å². The smallest absolute Gasteiger partial charge is 0.258 e. The molecule has 2 aromatic heterocycles. The fraction of sp³-hybridized carbons (Fsp3) is 0.278. The average Bonchev–Trinajstić information content (AvgIpc) is 3.36. The van der Waals surface area contributed by atoms with E-state index < -0.39 is 23.2 Å². The Morgan fingerprint density at radius 3 is 2.78 bits per heavy atom. The second kappa shape index (κ2) is 6.73. The molecule has 0 atom stereocenters. The number of rotatable bonds is 5. The number of aromatic nitrogens is 2. The predicted octanol–water partition coefficient (Wildman–Crippen LogP) is 4.11. The van der Waals surface area contributed by atoms with Crippen molar-refractivity contribution in [3.8, 4) is 5.75 Å². The first-order chi connectivity index (χ1) is 13.0. The van der Waals surface area contributed by atoms with Gasteiger partial charge in [0, 0.05) is 11.4 Å². The minimum Gasteiger partial charge on any atom is -0.494 e. The number of hydrogen-bond donors (Lipinski definition) is 2. The van der Waals surface area contributed by atoms with Gasteiger partial charge >= 0.3 is 0 Å². The van der Waals surface area contributed by atoms with Crippen LogP contribution in [-0.2, 0) is 0 Å². The van der Waals surface area contributed by atoms with Crippen molar-refractivity contribution in [1.29, 1.82) is 0 Å². The third-order valence-electron chi connectivity index (χ3n) is 4.32. The van der Waals surface area contributed by atoms with Crippen molar-refractivity contribution < 1.29 is 18.3 Å². The molecule has 9 heteroatoms. The van der Waals surface area contributed by atoms with Crippen molar-refractivity contribution in [3.05, 3.63) is 40.5 Å². The summed E-state index contributed by atoms with van der Waals surface area (Å²) in [5.74, 6) is -1.92. The quantitative estimate of drug-likeness (QED) is 0.686. The Hall–Kier alpha value is -2.81. The normalized spacial score (nSPS) is 13.6. The number of anilines is 2. The number of aryl methyl sites for hydroxylation is 1. The van der Waals surface area contributed by atoms with Gasteiger partial charge < -0.3 is 15.4 Å². The average molecular weight is 390 g/mol. The molecule has 2 heterocycles. The lowest BCUT2D eigenvalue weighted by atomic mass is 10.1. The lowest BCUT2D eigenvalue weighted by molar-refractivity contribution is 0.102. The Morgan fingerprint density at radius 1 is 1.30 bits per heavy atom. The van der Waals surface area contributed by atoms with E-state index in [0.717, 1.165) is 17.5 Å². The molecular weight excluding hydrogens is 374 g/mol. The highest BCUT2D eigenvalue weighted by molar-refractivity contribution is 7.18. The zero-order valence-corrected chi connectivity index (χ0v) is 15.4. The maximum absolute atomic E-state index is 14.4. The summed E-state index contributed by atoms with van der Waals surface area (Å²) in [5.41, 5.74) is 0.296. The summed E-state index contributed by atoms with van der Waals surface area (Å²) in [6.45, 7) is 1.47. The number of nitrogens with zero attached hydrogens (tertiary/aromatic N) is 2. The summed E-state index contributed by atoms with van der Waals surface area (Å²) in [6.07, 6.45) is 3.53. The molecule has 0 spiro atoms. The van der Waals surface area contributed by atoms with E-state index in [4.69, 9.17) is 4.74 Å². The summed E-state index contributed by atoms with van der Waals surface area (Å²) in [4.78, 5) is 21.1. The molecule has 0 aliphatic heterocycles. The fourth-order valence-electron chi connectivity index (χ4n) is 2.72. The molecule has 1 aliphatic carbocycles. The third kappa shape index (κ3) is 3.18. The highest BCUT2D eigenvalue weighted by Crippen LogP contribution is 2.34. The summed E-state index contributed by atoms with van der Waals surface area (Å²) in [5, 5.41) is 7.22. The van der Waals surface area contributed by atoms with Crippen molar-refractivity contribution in [1.82, 2.24) is 9.97 Å². The maximum atomic E-state index is 14.4. The number of benzene rings is 1. The van der Waals surface area contributed by atoms with E-state index in [1.807, 2.05) is 0 Å². The molecule has 2 N–H and O–H groups in total. The Balaban J connectivity index is 1.69. The van der Waals surface area contributed by atoms with Gasteiger partial charge in [-0.3, -0.25) is 4.79 Å². The highest BCUT2D eigenvalue weighted by Gasteiger charge is 2.25. The number of fused-ring (bicyclic) bond motifs is 1. The molecule has 1 amide bonds. The molecule has 0 radical (unpaired) electrons. The van der Waals surface area contributed by atoms with E-state index >= 15 is 0 Å². The molecule has 0 unspecified atom stereocenters. The first-order valence-electron chi connectivity index (χ1n) is 8.32. The molecule has 140 valence electrons. The Morgan fingerprint density at radius 2 is 2.07 bits per heavy atom. The molecule has 0 bridgehead atoms. The van der Waals surface area contributed by atoms with E-state index in [1.54, 1.807) is 5.38 Å². The van der Waals surface area contributed by atoms with Crippen LogP contribution < -0.4 is 15.4 Å². The van der Waals surface area contributed by atoms with E-state index in [0.29, 0.717) is 17.4 Å². The molecule has 6 nitrogen and oxygen atoms in total. The Bertz CT molecular complexity index is 1050. The number of halogens is 2. The Kier molecular flexibility index (Phi) is 4.39. The van der Waals surface area contributed by atoms with Gasteiger partial charge in [-0.05, 0) is 31.4 Å². The SMILES string of the molecule is COc1cc(C)c(F)c(NC(=O)c2csc3c(NC4CC4)ncnc23)c1F. The van der Waals surface area contributed by atoms with Gasteiger partial charge in [0.15, 0.2) is 17.4 Å². The van der Waals surface area contributed by atoms with Crippen LogP contribution in [-0.4, -0.2) is 29.0 Å².